The van der Waals surface area contributed by atoms with Crippen molar-refractivity contribution < 1.29 is 4.74 Å². The molecule has 3 N–H and O–H groups in total. The Balaban J connectivity index is 2.08. The quantitative estimate of drug-likeness (QED) is 0.607. The summed E-state index contributed by atoms with van der Waals surface area (Å²) in [6.45, 7) is 5.99. The molecule has 1 rings (SSSR count). The molecule has 0 amide bonds. The third-order valence-electron chi connectivity index (χ3n) is 2.91. The molecule has 3 nitrogen and oxygen atoms in total. The predicted molar refractivity (Wildman–Crippen MR) is 54.4 cm³/mol. The van der Waals surface area contributed by atoms with Crippen molar-refractivity contribution in [1.29, 1.82) is 0 Å². The number of methoxy groups -OCH3 is 1. The molecule has 0 aromatic carbocycles. The second-order valence-corrected chi connectivity index (χ2v) is 4.43. The molecule has 3 heteroatoms. The van der Waals surface area contributed by atoms with Crippen molar-refractivity contribution >= 4 is 0 Å². The Labute approximate surface area is 81.0 Å². The van der Waals surface area contributed by atoms with Crippen LogP contribution in [0, 0.1) is 11.8 Å². The van der Waals surface area contributed by atoms with Gasteiger partial charge in [-0.1, -0.05) is 0 Å². The van der Waals surface area contributed by atoms with Crippen LogP contribution in [0.5, 0.6) is 0 Å². The number of rotatable bonds is 6. The first-order chi connectivity index (χ1) is 6.09. The van der Waals surface area contributed by atoms with E-state index in [2.05, 4.69) is 5.32 Å². The third-order valence-corrected chi connectivity index (χ3v) is 2.91. The first-order valence-corrected chi connectivity index (χ1v) is 5.09. The molecule has 0 heterocycles. The van der Waals surface area contributed by atoms with E-state index in [0.717, 1.165) is 24.9 Å². The van der Waals surface area contributed by atoms with Gasteiger partial charge in [0.25, 0.3) is 0 Å². The lowest BCUT2D eigenvalue weighted by molar-refractivity contribution is -0.00799. The fraction of sp³-hybridized carbons (Fsp3) is 1.00. The summed E-state index contributed by atoms with van der Waals surface area (Å²) in [5.74, 6) is 1.70. The van der Waals surface area contributed by atoms with Crippen molar-refractivity contribution in [2.45, 2.75) is 32.4 Å². The second-order valence-electron chi connectivity index (χ2n) is 4.43. The van der Waals surface area contributed by atoms with Crippen LogP contribution in [0.4, 0.5) is 0 Å². The Morgan fingerprint density at radius 1 is 1.46 bits per heavy atom. The summed E-state index contributed by atoms with van der Waals surface area (Å²) in [6.07, 6.45) is 2.52. The van der Waals surface area contributed by atoms with E-state index in [0.29, 0.717) is 0 Å². The van der Waals surface area contributed by atoms with Crippen molar-refractivity contribution in [3.05, 3.63) is 0 Å². The number of nitrogens with one attached hydrogen (secondary N) is 1. The lowest BCUT2D eigenvalue weighted by Crippen LogP contribution is -2.42. The maximum Gasteiger partial charge on any atom is 0.113 e. The van der Waals surface area contributed by atoms with Crippen LogP contribution in [0.1, 0.15) is 26.7 Å². The highest BCUT2D eigenvalue weighted by Gasteiger charge is 2.36. The normalized spacial score (nSPS) is 27.7. The Bertz CT molecular complexity index is 159. The molecule has 0 spiro atoms. The topological polar surface area (TPSA) is 47.3 Å². The summed E-state index contributed by atoms with van der Waals surface area (Å²) in [4.78, 5) is 0. The van der Waals surface area contributed by atoms with Gasteiger partial charge in [-0.25, -0.2) is 0 Å². The number of hydrogen-bond donors (Lipinski definition) is 2. The molecule has 1 fully saturated rings. The van der Waals surface area contributed by atoms with Gasteiger partial charge in [0.15, 0.2) is 0 Å². The summed E-state index contributed by atoms with van der Waals surface area (Å²) in [5, 5.41) is 3.40. The van der Waals surface area contributed by atoms with Crippen LogP contribution in [0.15, 0.2) is 0 Å². The van der Waals surface area contributed by atoms with Crippen molar-refractivity contribution in [3.8, 4) is 0 Å². The van der Waals surface area contributed by atoms with Gasteiger partial charge in [0, 0.05) is 13.7 Å². The second kappa shape index (κ2) is 4.40. The third kappa shape index (κ3) is 3.63. The van der Waals surface area contributed by atoms with Crippen LogP contribution in [0.25, 0.3) is 0 Å². The highest BCUT2D eigenvalue weighted by Crippen LogP contribution is 2.40. The largest absolute Gasteiger partial charge is 0.364 e. The Morgan fingerprint density at radius 3 is 2.69 bits per heavy atom. The lowest BCUT2D eigenvalue weighted by Gasteiger charge is -2.24. The van der Waals surface area contributed by atoms with Gasteiger partial charge in [-0.3, -0.25) is 5.32 Å². The first kappa shape index (κ1) is 11.0. The summed E-state index contributed by atoms with van der Waals surface area (Å²) < 4.78 is 5.28. The van der Waals surface area contributed by atoms with Crippen LogP contribution in [-0.4, -0.2) is 25.9 Å². The summed E-state index contributed by atoms with van der Waals surface area (Å²) >= 11 is 0. The van der Waals surface area contributed by atoms with Gasteiger partial charge in [0.1, 0.15) is 5.72 Å². The summed E-state index contributed by atoms with van der Waals surface area (Å²) in [7, 11) is 1.73. The minimum atomic E-state index is -0.185. The lowest BCUT2D eigenvalue weighted by atomic mass is 10.2. The van der Waals surface area contributed by atoms with Crippen LogP contribution in [0.2, 0.25) is 0 Å². The molecule has 2 unspecified atom stereocenters. The van der Waals surface area contributed by atoms with Crippen LogP contribution >= 0.6 is 0 Å². The van der Waals surface area contributed by atoms with Crippen molar-refractivity contribution in [2.75, 3.05) is 20.2 Å². The van der Waals surface area contributed by atoms with E-state index in [1.54, 1.807) is 7.11 Å². The van der Waals surface area contributed by atoms with Crippen molar-refractivity contribution in [2.24, 2.45) is 17.6 Å². The molecular weight excluding hydrogens is 164 g/mol. The Morgan fingerprint density at radius 2 is 2.15 bits per heavy atom. The maximum atomic E-state index is 5.49. The molecule has 1 saturated carbocycles. The molecule has 0 radical (unpaired) electrons. The molecule has 0 aromatic heterocycles. The molecule has 0 bridgehead atoms. The predicted octanol–water partition coefficient (Wildman–Crippen LogP) is 0.943. The number of hydrogen-bond acceptors (Lipinski definition) is 3. The SMILES string of the molecule is COC(C)(C)NCC1CC1CCN. The van der Waals surface area contributed by atoms with Crippen LogP contribution in [0.3, 0.4) is 0 Å². The van der Waals surface area contributed by atoms with Gasteiger partial charge in [-0.15, -0.1) is 0 Å². The highest BCUT2D eigenvalue weighted by atomic mass is 16.5. The van der Waals surface area contributed by atoms with Gasteiger partial charge in [-0.05, 0) is 45.1 Å². The van der Waals surface area contributed by atoms with E-state index in [1.807, 2.05) is 13.8 Å². The molecule has 0 aliphatic heterocycles. The minimum absolute atomic E-state index is 0.185. The molecule has 1 aliphatic rings. The van der Waals surface area contributed by atoms with E-state index in [9.17, 15) is 0 Å². The van der Waals surface area contributed by atoms with Crippen LogP contribution < -0.4 is 11.1 Å². The average Bonchev–Trinajstić information content (AvgIpc) is 2.82. The Kier molecular flexibility index (Phi) is 3.71. The van der Waals surface area contributed by atoms with Gasteiger partial charge in [0.05, 0.1) is 0 Å². The zero-order chi connectivity index (χ0) is 9.90. The summed E-state index contributed by atoms with van der Waals surface area (Å²) in [5.41, 5.74) is 5.31. The van der Waals surface area contributed by atoms with Gasteiger partial charge in [0.2, 0.25) is 0 Å². The summed E-state index contributed by atoms with van der Waals surface area (Å²) in [6, 6.07) is 0. The number of nitrogens with two attached hydrogens (primary N) is 1. The molecule has 13 heavy (non-hydrogen) atoms. The molecule has 78 valence electrons. The molecule has 0 saturated heterocycles. The molecular formula is C10H22N2O. The number of ether oxygens (including phenoxy) is 1. The molecule has 2 atom stereocenters. The molecule has 0 aromatic rings. The first-order valence-electron chi connectivity index (χ1n) is 5.09. The van der Waals surface area contributed by atoms with E-state index >= 15 is 0 Å². The van der Waals surface area contributed by atoms with E-state index in [1.165, 1.54) is 12.8 Å². The van der Waals surface area contributed by atoms with Gasteiger partial charge in [-0.2, -0.15) is 0 Å². The van der Waals surface area contributed by atoms with E-state index < -0.39 is 0 Å². The van der Waals surface area contributed by atoms with Gasteiger partial charge >= 0.3 is 0 Å². The monoisotopic (exact) mass is 186 g/mol. The highest BCUT2D eigenvalue weighted by molar-refractivity contribution is 4.88. The standard InChI is InChI=1S/C10H22N2O/c1-10(2,13-3)12-7-9-6-8(9)4-5-11/h8-9,12H,4-7,11H2,1-3H3. The zero-order valence-corrected chi connectivity index (χ0v) is 8.97. The maximum absolute atomic E-state index is 5.49. The van der Waals surface area contributed by atoms with E-state index in [4.69, 9.17) is 10.5 Å². The zero-order valence-electron chi connectivity index (χ0n) is 8.97. The van der Waals surface area contributed by atoms with Gasteiger partial charge < -0.3 is 10.5 Å². The van der Waals surface area contributed by atoms with E-state index in [-0.39, 0.29) is 5.72 Å². The van der Waals surface area contributed by atoms with Crippen molar-refractivity contribution in [3.63, 3.8) is 0 Å². The Hall–Kier alpha value is -0.120. The fourth-order valence-corrected chi connectivity index (χ4v) is 1.58. The smallest absolute Gasteiger partial charge is 0.113 e. The van der Waals surface area contributed by atoms with Crippen molar-refractivity contribution in [1.82, 2.24) is 5.32 Å². The molecule has 1 aliphatic carbocycles. The van der Waals surface area contributed by atoms with Crippen LogP contribution in [-0.2, 0) is 4.74 Å². The minimum Gasteiger partial charge on any atom is -0.364 e. The fourth-order valence-electron chi connectivity index (χ4n) is 1.58. The average molecular weight is 186 g/mol.